The molecule has 2 aromatic carbocycles. The first kappa shape index (κ1) is 22.3. The van der Waals surface area contributed by atoms with Gasteiger partial charge < -0.3 is 9.47 Å². The van der Waals surface area contributed by atoms with Crippen molar-refractivity contribution >= 4 is 56.0 Å². The highest BCUT2D eigenvalue weighted by molar-refractivity contribution is 9.10. The minimum Gasteiger partial charge on any atom is -0.493 e. The number of thiazole rings is 1. The number of benzene rings is 2. The van der Waals surface area contributed by atoms with Crippen LogP contribution in [0.5, 0.6) is 11.5 Å². The van der Waals surface area contributed by atoms with Crippen LogP contribution >= 0.6 is 38.9 Å². The molecule has 5 nitrogen and oxygen atoms in total. The van der Waals surface area contributed by atoms with Crippen molar-refractivity contribution in [1.82, 2.24) is 4.98 Å². The van der Waals surface area contributed by atoms with Gasteiger partial charge in [-0.15, -0.1) is 11.3 Å². The number of carbonyl (C=O) groups excluding carboxylic acids is 1. The quantitative estimate of drug-likeness (QED) is 0.366. The SMILES string of the molecule is CCOc1c(Br)cc(C=CC(=O)Nc2nc(-c3cccc(Cl)c3)c(C)s2)cc1OC. The smallest absolute Gasteiger partial charge is 0.250 e. The van der Waals surface area contributed by atoms with E-state index in [1.54, 1.807) is 13.2 Å². The van der Waals surface area contributed by atoms with Gasteiger partial charge in [0.2, 0.25) is 5.91 Å². The molecule has 0 bridgehead atoms. The minimum atomic E-state index is -0.273. The maximum Gasteiger partial charge on any atom is 0.250 e. The molecule has 1 heterocycles. The van der Waals surface area contributed by atoms with Crippen molar-refractivity contribution in [2.24, 2.45) is 0 Å². The summed E-state index contributed by atoms with van der Waals surface area (Å²) < 4.78 is 11.7. The number of nitrogens with one attached hydrogen (secondary N) is 1. The average Bonchev–Trinajstić information content (AvgIpc) is 3.08. The van der Waals surface area contributed by atoms with Gasteiger partial charge in [0, 0.05) is 21.5 Å². The van der Waals surface area contributed by atoms with Gasteiger partial charge in [-0.3, -0.25) is 10.1 Å². The Bertz CT molecular complexity index is 1100. The van der Waals surface area contributed by atoms with Crippen LogP contribution in [-0.2, 0) is 4.79 Å². The van der Waals surface area contributed by atoms with Crippen molar-refractivity contribution < 1.29 is 14.3 Å². The van der Waals surface area contributed by atoms with Crippen LogP contribution in [0.15, 0.2) is 46.9 Å². The van der Waals surface area contributed by atoms with Crippen molar-refractivity contribution in [2.45, 2.75) is 13.8 Å². The number of nitrogens with zero attached hydrogens (tertiary/aromatic N) is 1. The Labute approximate surface area is 192 Å². The highest BCUT2D eigenvalue weighted by atomic mass is 79.9. The summed E-state index contributed by atoms with van der Waals surface area (Å²) in [5, 5.41) is 3.99. The maximum atomic E-state index is 12.4. The van der Waals surface area contributed by atoms with Gasteiger partial charge in [-0.05, 0) is 65.7 Å². The fourth-order valence-corrected chi connectivity index (χ4v) is 4.40. The third-order valence-corrected chi connectivity index (χ3v) is 5.80. The lowest BCUT2D eigenvalue weighted by molar-refractivity contribution is -0.111. The van der Waals surface area contributed by atoms with Gasteiger partial charge in [0.1, 0.15) is 0 Å². The first-order valence-electron chi connectivity index (χ1n) is 9.14. The van der Waals surface area contributed by atoms with E-state index in [1.807, 2.05) is 50.2 Å². The lowest BCUT2D eigenvalue weighted by Gasteiger charge is -2.12. The Balaban J connectivity index is 1.74. The molecule has 0 atom stereocenters. The van der Waals surface area contributed by atoms with Gasteiger partial charge in [-0.1, -0.05) is 23.7 Å². The van der Waals surface area contributed by atoms with Gasteiger partial charge in [-0.2, -0.15) is 0 Å². The summed E-state index contributed by atoms with van der Waals surface area (Å²) in [4.78, 5) is 17.9. The lowest BCUT2D eigenvalue weighted by Crippen LogP contribution is -2.07. The van der Waals surface area contributed by atoms with Crippen LogP contribution in [0, 0.1) is 6.92 Å². The van der Waals surface area contributed by atoms with Crippen LogP contribution < -0.4 is 14.8 Å². The predicted octanol–water partition coefficient (Wildman–Crippen LogP) is 6.59. The zero-order valence-electron chi connectivity index (χ0n) is 16.7. The monoisotopic (exact) mass is 506 g/mol. The van der Waals surface area contributed by atoms with Gasteiger partial charge in [0.25, 0.3) is 0 Å². The summed E-state index contributed by atoms with van der Waals surface area (Å²) in [6.07, 6.45) is 3.16. The zero-order valence-corrected chi connectivity index (χ0v) is 19.8. The molecule has 0 spiro atoms. The number of hydrogen-bond acceptors (Lipinski definition) is 5. The molecule has 0 fully saturated rings. The normalized spacial score (nSPS) is 11.0. The molecule has 1 N–H and O–H groups in total. The van der Waals surface area contributed by atoms with Crippen molar-refractivity contribution in [1.29, 1.82) is 0 Å². The van der Waals surface area contributed by atoms with Gasteiger partial charge in [0.05, 0.1) is 23.9 Å². The highest BCUT2D eigenvalue weighted by Gasteiger charge is 2.13. The first-order chi connectivity index (χ1) is 14.4. The number of anilines is 1. The van der Waals surface area contributed by atoms with Crippen molar-refractivity contribution in [3.63, 3.8) is 0 Å². The van der Waals surface area contributed by atoms with Crippen molar-refractivity contribution in [3.8, 4) is 22.8 Å². The molecular weight excluding hydrogens is 488 g/mol. The van der Waals surface area contributed by atoms with E-state index in [9.17, 15) is 4.79 Å². The number of carbonyl (C=O) groups is 1. The molecule has 3 aromatic rings. The van der Waals surface area contributed by atoms with E-state index >= 15 is 0 Å². The van der Waals surface area contributed by atoms with E-state index in [0.29, 0.717) is 28.3 Å². The largest absolute Gasteiger partial charge is 0.493 e. The molecular formula is C22H20BrClN2O3S. The van der Waals surface area contributed by atoms with E-state index in [-0.39, 0.29) is 5.91 Å². The number of aryl methyl sites for hydroxylation is 1. The summed E-state index contributed by atoms with van der Waals surface area (Å²) in [5.41, 5.74) is 2.52. The summed E-state index contributed by atoms with van der Waals surface area (Å²) >= 11 is 11.0. The number of aromatic nitrogens is 1. The van der Waals surface area contributed by atoms with E-state index in [2.05, 4.69) is 26.2 Å². The molecule has 0 saturated carbocycles. The highest BCUT2D eigenvalue weighted by Crippen LogP contribution is 2.37. The van der Waals surface area contributed by atoms with Crippen LogP contribution in [0.2, 0.25) is 5.02 Å². The topological polar surface area (TPSA) is 60.5 Å². The van der Waals surface area contributed by atoms with Crippen LogP contribution in [0.3, 0.4) is 0 Å². The third kappa shape index (κ3) is 5.41. The Kier molecular flexibility index (Phi) is 7.53. The van der Waals surface area contributed by atoms with E-state index in [1.165, 1.54) is 17.4 Å². The molecule has 1 aromatic heterocycles. The van der Waals surface area contributed by atoms with Crippen LogP contribution in [0.1, 0.15) is 17.4 Å². The molecule has 0 unspecified atom stereocenters. The van der Waals surface area contributed by atoms with Crippen LogP contribution in [-0.4, -0.2) is 24.6 Å². The first-order valence-corrected chi connectivity index (χ1v) is 11.1. The second kappa shape index (κ2) is 10.1. The van der Waals surface area contributed by atoms with Gasteiger partial charge >= 0.3 is 0 Å². The summed E-state index contributed by atoms with van der Waals surface area (Å²) in [6.45, 7) is 4.39. The maximum absolute atomic E-state index is 12.4. The lowest BCUT2D eigenvalue weighted by atomic mass is 10.1. The van der Waals surface area contributed by atoms with Crippen molar-refractivity contribution in [2.75, 3.05) is 19.0 Å². The number of rotatable bonds is 7. The molecule has 8 heteroatoms. The predicted molar refractivity (Wildman–Crippen MR) is 127 cm³/mol. The Morgan fingerprint density at radius 3 is 2.83 bits per heavy atom. The molecule has 0 saturated heterocycles. The number of methoxy groups -OCH3 is 1. The molecule has 156 valence electrons. The van der Waals surface area contributed by atoms with Crippen molar-refractivity contribution in [3.05, 3.63) is 62.4 Å². The minimum absolute atomic E-state index is 0.273. The molecule has 30 heavy (non-hydrogen) atoms. The molecule has 3 rings (SSSR count). The number of amides is 1. The summed E-state index contributed by atoms with van der Waals surface area (Å²) in [6, 6.07) is 11.2. The van der Waals surface area contributed by atoms with E-state index in [0.717, 1.165) is 26.2 Å². The average molecular weight is 508 g/mol. The molecule has 1 amide bonds. The van der Waals surface area contributed by atoms with Crippen LogP contribution in [0.4, 0.5) is 5.13 Å². The number of ether oxygens (including phenoxy) is 2. The third-order valence-electron chi connectivity index (χ3n) is 4.09. The summed E-state index contributed by atoms with van der Waals surface area (Å²) in [5.74, 6) is 0.951. The molecule has 0 aliphatic heterocycles. The second-order valence-electron chi connectivity index (χ2n) is 6.22. The van der Waals surface area contributed by atoms with Crippen LogP contribution in [0.25, 0.3) is 17.3 Å². The Morgan fingerprint density at radius 2 is 2.13 bits per heavy atom. The molecule has 0 aliphatic carbocycles. The van der Waals surface area contributed by atoms with E-state index < -0.39 is 0 Å². The Morgan fingerprint density at radius 1 is 1.33 bits per heavy atom. The number of hydrogen-bond donors (Lipinski definition) is 1. The number of halogens is 2. The second-order valence-corrected chi connectivity index (χ2v) is 8.72. The standard InChI is InChI=1S/C22H20BrClN2O3S/c1-4-29-21-17(23)10-14(11-18(21)28-3)8-9-19(27)25-22-26-20(13(2)30-22)15-6-5-7-16(24)12-15/h5-12H,4H2,1-3H3,(H,25,26,27). The molecule has 0 aliphatic rings. The molecule has 0 radical (unpaired) electrons. The zero-order chi connectivity index (χ0) is 21.7. The van der Waals surface area contributed by atoms with Gasteiger partial charge in [-0.25, -0.2) is 4.98 Å². The fraction of sp³-hybridized carbons (Fsp3) is 0.182. The Hall–Kier alpha value is -2.35. The fourth-order valence-electron chi connectivity index (χ4n) is 2.79. The summed E-state index contributed by atoms with van der Waals surface area (Å²) in [7, 11) is 1.58. The van der Waals surface area contributed by atoms with Gasteiger partial charge in [0.15, 0.2) is 16.6 Å². The van der Waals surface area contributed by atoms with E-state index in [4.69, 9.17) is 21.1 Å².